The lowest BCUT2D eigenvalue weighted by molar-refractivity contribution is 0.0526. The van der Waals surface area contributed by atoms with E-state index in [-0.39, 0.29) is 18.6 Å². The minimum Gasteiger partial charge on any atom is -0.395 e. The van der Waals surface area contributed by atoms with Crippen LogP contribution in [0.3, 0.4) is 0 Å². The maximum atomic E-state index is 12.3. The van der Waals surface area contributed by atoms with Crippen LogP contribution >= 0.6 is 23.2 Å². The van der Waals surface area contributed by atoms with Gasteiger partial charge >= 0.3 is 0 Å². The molecule has 1 aliphatic rings. The Labute approximate surface area is 116 Å². The molecule has 3 nitrogen and oxygen atoms in total. The summed E-state index contributed by atoms with van der Waals surface area (Å²) in [5.74, 6) is -0.0904. The molecule has 18 heavy (non-hydrogen) atoms. The number of halogens is 2. The summed E-state index contributed by atoms with van der Waals surface area (Å²) in [6, 6.07) is 5.11. The first-order valence-electron chi connectivity index (χ1n) is 6.00. The van der Waals surface area contributed by atoms with Gasteiger partial charge in [-0.2, -0.15) is 0 Å². The van der Waals surface area contributed by atoms with Crippen molar-refractivity contribution in [3.63, 3.8) is 0 Å². The van der Waals surface area contributed by atoms with E-state index in [1.807, 2.05) is 0 Å². The summed E-state index contributed by atoms with van der Waals surface area (Å²) in [6.45, 7) is 0.341. The van der Waals surface area contributed by atoms with E-state index >= 15 is 0 Å². The van der Waals surface area contributed by atoms with E-state index in [2.05, 4.69) is 0 Å². The third-order valence-electron chi connectivity index (χ3n) is 3.28. The molecule has 1 aliphatic carbocycles. The highest BCUT2D eigenvalue weighted by Crippen LogP contribution is 2.28. The highest BCUT2D eigenvalue weighted by atomic mass is 35.5. The van der Waals surface area contributed by atoms with E-state index < -0.39 is 0 Å². The Bertz CT molecular complexity index is 447. The molecule has 0 bridgehead atoms. The monoisotopic (exact) mass is 287 g/mol. The Kier molecular flexibility index (Phi) is 4.49. The molecule has 0 radical (unpaired) electrons. The lowest BCUT2D eigenvalue weighted by Crippen LogP contribution is -2.45. The second kappa shape index (κ2) is 5.91. The zero-order valence-corrected chi connectivity index (χ0v) is 11.4. The average molecular weight is 288 g/mol. The normalized spacial score (nSPS) is 15.3. The van der Waals surface area contributed by atoms with Crippen molar-refractivity contribution in [1.29, 1.82) is 0 Å². The second-order valence-electron chi connectivity index (χ2n) is 4.44. The molecular formula is C13H15Cl2NO2. The van der Waals surface area contributed by atoms with Crippen LogP contribution in [0.5, 0.6) is 0 Å². The van der Waals surface area contributed by atoms with Crippen molar-refractivity contribution in [3.05, 3.63) is 33.8 Å². The van der Waals surface area contributed by atoms with Crippen molar-refractivity contribution in [2.24, 2.45) is 0 Å². The number of carbonyl (C=O) groups is 1. The fourth-order valence-electron chi connectivity index (χ4n) is 2.05. The largest absolute Gasteiger partial charge is 0.395 e. The molecule has 0 heterocycles. The predicted octanol–water partition coefficient (Wildman–Crippen LogP) is 2.98. The Hall–Kier alpha value is -0.770. The summed E-state index contributed by atoms with van der Waals surface area (Å²) in [4.78, 5) is 14.1. The van der Waals surface area contributed by atoms with Crippen molar-refractivity contribution in [3.8, 4) is 0 Å². The van der Waals surface area contributed by atoms with Gasteiger partial charge in [0.1, 0.15) is 0 Å². The number of amides is 1. The third kappa shape index (κ3) is 2.79. The number of rotatable bonds is 4. The van der Waals surface area contributed by atoms with Gasteiger partial charge in [-0.1, -0.05) is 23.2 Å². The number of aliphatic hydroxyl groups is 1. The van der Waals surface area contributed by atoms with Crippen LogP contribution in [0.2, 0.25) is 10.0 Å². The van der Waals surface area contributed by atoms with Gasteiger partial charge in [-0.3, -0.25) is 4.79 Å². The standard InChI is InChI=1S/C13H15Cl2NO2/c14-11-5-4-9(8-12(11)15)13(18)16(6-7-17)10-2-1-3-10/h4-5,8,10,17H,1-3,6-7H2. The van der Waals surface area contributed by atoms with Crippen LogP contribution in [0.1, 0.15) is 29.6 Å². The zero-order chi connectivity index (χ0) is 13.1. The van der Waals surface area contributed by atoms with Crippen LogP contribution in [0.25, 0.3) is 0 Å². The Balaban J connectivity index is 2.18. The van der Waals surface area contributed by atoms with Gasteiger partial charge in [0.25, 0.3) is 5.91 Å². The van der Waals surface area contributed by atoms with E-state index in [9.17, 15) is 4.79 Å². The van der Waals surface area contributed by atoms with Gasteiger partial charge in [-0.05, 0) is 37.5 Å². The molecule has 1 amide bonds. The van der Waals surface area contributed by atoms with Crippen molar-refractivity contribution in [2.45, 2.75) is 25.3 Å². The molecule has 2 rings (SSSR count). The molecule has 0 unspecified atom stereocenters. The summed E-state index contributed by atoms with van der Waals surface area (Å²) < 4.78 is 0. The van der Waals surface area contributed by atoms with Crippen LogP contribution in [0.4, 0.5) is 0 Å². The van der Waals surface area contributed by atoms with Gasteiger partial charge in [0, 0.05) is 18.2 Å². The second-order valence-corrected chi connectivity index (χ2v) is 5.25. The van der Waals surface area contributed by atoms with Gasteiger partial charge < -0.3 is 10.0 Å². The van der Waals surface area contributed by atoms with Crippen LogP contribution in [0, 0.1) is 0 Å². The third-order valence-corrected chi connectivity index (χ3v) is 4.02. The number of carbonyl (C=O) groups excluding carboxylic acids is 1. The summed E-state index contributed by atoms with van der Waals surface area (Å²) in [6.07, 6.45) is 3.15. The quantitative estimate of drug-likeness (QED) is 0.925. The summed E-state index contributed by atoms with van der Waals surface area (Å²) in [5, 5.41) is 9.87. The Morgan fingerprint density at radius 3 is 2.56 bits per heavy atom. The highest BCUT2D eigenvalue weighted by Gasteiger charge is 2.29. The van der Waals surface area contributed by atoms with Crippen molar-refractivity contribution < 1.29 is 9.90 Å². The average Bonchev–Trinajstić information content (AvgIpc) is 2.29. The first kappa shape index (κ1) is 13.7. The fraction of sp³-hybridized carbons (Fsp3) is 0.462. The van der Waals surface area contributed by atoms with Crippen molar-refractivity contribution in [1.82, 2.24) is 4.90 Å². The summed E-state index contributed by atoms with van der Waals surface area (Å²) in [5.41, 5.74) is 0.518. The molecule has 1 saturated carbocycles. The van der Waals surface area contributed by atoms with Gasteiger partial charge in [0.15, 0.2) is 0 Å². The molecule has 1 N–H and O–H groups in total. The molecule has 1 fully saturated rings. The Morgan fingerprint density at radius 1 is 1.33 bits per heavy atom. The Morgan fingerprint density at radius 2 is 2.06 bits per heavy atom. The maximum Gasteiger partial charge on any atom is 0.254 e. The molecule has 5 heteroatoms. The van der Waals surface area contributed by atoms with Crippen molar-refractivity contribution in [2.75, 3.05) is 13.2 Å². The molecule has 0 spiro atoms. The summed E-state index contributed by atoms with van der Waals surface area (Å²) in [7, 11) is 0. The number of hydrogen-bond donors (Lipinski definition) is 1. The van der Waals surface area contributed by atoms with Gasteiger partial charge in [-0.25, -0.2) is 0 Å². The molecule has 0 saturated heterocycles. The first-order chi connectivity index (χ1) is 8.63. The van der Waals surface area contributed by atoms with Crippen molar-refractivity contribution >= 4 is 29.1 Å². The van der Waals surface area contributed by atoms with Gasteiger partial charge in [-0.15, -0.1) is 0 Å². The lowest BCUT2D eigenvalue weighted by Gasteiger charge is -2.37. The fourth-order valence-corrected chi connectivity index (χ4v) is 2.35. The van der Waals surface area contributed by atoms with E-state index in [0.29, 0.717) is 22.2 Å². The summed E-state index contributed by atoms with van der Waals surface area (Å²) >= 11 is 11.7. The van der Waals surface area contributed by atoms with Crippen LogP contribution in [-0.4, -0.2) is 35.1 Å². The molecule has 1 aromatic carbocycles. The molecule has 0 atom stereocenters. The van der Waals surface area contributed by atoms with E-state index in [1.54, 1.807) is 23.1 Å². The first-order valence-corrected chi connectivity index (χ1v) is 6.76. The smallest absolute Gasteiger partial charge is 0.254 e. The minimum atomic E-state index is -0.0904. The predicted molar refractivity (Wildman–Crippen MR) is 72.2 cm³/mol. The molecule has 98 valence electrons. The van der Waals surface area contributed by atoms with Crippen LogP contribution in [0.15, 0.2) is 18.2 Å². The topological polar surface area (TPSA) is 40.5 Å². The molecule has 1 aromatic rings. The van der Waals surface area contributed by atoms with Gasteiger partial charge in [0.05, 0.1) is 16.7 Å². The SMILES string of the molecule is O=C(c1ccc(Cl)c(Cl)c1)N(CCO)C1CCC1. The highest BCUT2D eigenvalue weighted by molar-refractivity contribution is 6.42. The molecule has 0 aliphatic heterocycles. The maximum absolute atomic E-state index is 12.3. The van der Waals surface area contributed by atoms with E-state index in [0.717, 1.165) is 19.3 Å². The van der Waals surface area contributed by atoms with E-state index in [1.165, 1.54) is 0 Å². The number of nitrogens with zero attached hydrogens (tertiary/aromatic N) is 1. The molecule has 0 aromatic heterocycles. The van der Waals surface area contributed by atoms with Crippen LogP contribution < -0.4 is 0 Å². The van der Waals surface area contributed by atoms with Gasteiger partial charge in [0.2, 0.25) is 0 Å². The zero-order valence-electron chi connectivity index (χ0n) is 9.90. The minimum absolute atomic E-state index is 0.0242. The number of hydrogen-bond acceptors (Lipinski definition) is 2. The molecular weight excluding hydrogens is 273 g/mol. The van der Waals surface area contributed by atoms with E-state index in [4.69, 9.17) is 28.3 Å². The van der Waals surface area contributed by atoms with Crippen LogP contribution in [-0.2, 0) is 0 Å². The lowest BCUT2D eigenvalue weighted by atomic mass is 9.91. The number of benzene rings is 1. The number of aliphatic hydroxyl groups excluding tert-OH is 1.